The Morgan fingerprint density at radius 1 is 0.542 bits per heavy atom. The van der Waals surface area contributed by atoms with Crippen molar-refractivity contribution in [1.29, 1.82) is 0 Å². The fourth-order valence-corrected chi connectivity index (χ4v) is 2.32. The van der Waals surface area contributed by atoms with E-state index in [9.17, 15) is 14.4 Å². The minimum Gasteiger partial charge on any atom is -0.299 e. The van der Waals surface area contributed by atoms with Gasteiger partial charge in [0.15, 0.2) is 0 Å². The maximum Gasteiger partial charge on any atom is 0.139 e. The van der Waals surface area contributed by atoms with Crippen LogP contribution in [0.15, 0.2) is 18.2 Å². The molecule has 0 heterocycles. The number of carbonyl (C=O) groups is 3. The second-order valence-electron chi connectivity index (χ2n) is 8.34. The minimum atomic E-state index is -0.676. The van der Waals surface area contributed by atoms with Gasteiger partial charge in [0.25, 0.3) is 0 Å². The minimum absolute atomic E-state index is 0.0480. The first-order valence-corrected chi connectivity index (χ1v) is 8.34. The highest BCUT2D eigenvalue weighted by Crippen LogP contribution is 2.36. The number of carbonyl (C=O) groups excluding carboxylic acids is 3. The summed E-state index contributed by atoms with van der Waals surface area (Å²) < 4.78 is 0. The first-order valence-electron chi connectivity index (χ1n) is 8.34. The van der Waals surface area contributed by atoms with E-state index >= 15 is 0 Å². The van der Waals surface area contributed by atoms with Crippen LogP contribution >= 0.6 is 0 Å². The fraction of sp³-hybridized carbons (Fsp3) is 0.571. The van der Waals surface area contributed by atoms with Gasteiger partial charge >= 0.3 is 0 Å². The monoisotopic (exact) mass is 330 g/mol. The summed E-state index contributed by atoms with van der Waals surface area (Å²) in [5, 5.41) is 0. The molecule has 0 N–H and O–H groups in total. The molecular weight excluding hydrogens is 300 g/mol. The Balaban J connectivity index is 3.79. The van der Waals surface area contributed by atoms with Gasteiger partial charge in [0.2, 0.25) is 0 Å². The fourth-order valence-electron chi connectivity index (χ4n) is 2.32. The lowest BCUT2D eigenvalue weighted by atomic mass is 9.71. The Kier molecular flexibility index (Phi) is 5.30. The lowest BCUT2D eigenvalue weighted by Crippen LogP contribution is -2.33. The van der Waals surface area contributed by atoms with Gasteiger partial charge < -0.3 is 0 Å². The Bertz CT molecular complexity index is 583. The van der Waals surface area contributed by atoms with Crippen LogP contribution in [0.5, 0.6) is 0 Å². The maximum absolute atomic E-state index is 12.1. The predicted molar refractivity (Wildman–Crippen MR) is 97.6 cm³/mol. The zero-order valence-corrected chi connectivity index (χ0v) is 16.5. The smallest absolute Gasteiger partial charge is 0.139 e. The molecule has 132 valence electrons. The SMILES string of the molecule is CC(=O)C(C)(C)c1cc(C(C)(C)C(C)=O)cc(C(C)(C)C(C)=O)c1. The van der Waals surface area contributed by atoms with Crippen molar-refractivity contribution < 1.29 is 14.4 Å². The lowest BCUT2D eigenvalue weighted by Gasteiger charge is -2.31. The molecule has 0 saturated heterocycles. The highest BCUT2D eigenvalue weighted by atomic mass is 16.1. The van der Waals surface area contributed by atoms with Gasteiger partial charge in [0.1, 0.15) is 17.3 Å². The molecule has 0 unspecified atom stereocenters. The summed E-state index contributed by atoms with van der Waals surface area (Å²) in [5.41, 5.74) is 0.489. The third-order valence-corrected chi connectivity index (χ3v) is 5.74. The summed E-state index contributed by atoms with van der Waals surface area (Å²) in [7, 11) is 0. The zero-order chi connectivity index (χ0) is 19.1. The van der Waals surface area contributed by atoms with Gasteiger partial charge in [-0.3, -0.25) is 14.4 Å². The van der Waals surface area contributed by atoms with Crippen LogP contribution in [0.4, 0.5) is 0 Å². The standard InChI is InChI=1S/C21H30O3/c1-13(22)19(4,5)16-10-17(20(6,7)14(2)23)12-18(11-16)21(8,9)15(3)24/h10-12H,1-9H3. The Morgan fingerprint density at radius 3 is 0.833 bits per heavy atom. The summed E-state index contributed by atoms with van der Waals surface area (Å²) in [6.45, 7) is 16.0. The summed E-state index contributed by atoms with van der Waals surface area (Å²) in [6, 6.07) is 5.80. The average Bonchev–Trinajstić information content (AvgIpc) is 2.46. The third kappa shape index (κ3) is 3.50. The lowest BCUT2D eigenvalue weighted by molar-refractivity contribution is -0.121. The quantitative estimate of drug-likeness (QED) is 0.782. The van der Waals surface area contributed by atoms with E-state index in [0.717, 1.165) is 16.7 Å². The van der Waals surface area contributed by atoms with E-state index in [1.165, 1.54) is 0 Å². The molecule has 1 aromatic carbocycles. The van der Waals surface area contributed by atoms with E-state index in [1.807, 2.05) is 59.7 Å². The molecule has 0 aromatic heterocycles. The van der Waals surface area contributed by atoms with Gasteiger partial charge in [0, 0.05) is 16.2 Å². The molecule has 0 radical (unpaired) electrons. The van der Waals surface area contributed by atoms with Crippen LogP contribution in [0.2, 0.25) is 0 Å². The highest BCUT2D eigenvalue weighted by molar-refractivity contribution is 5.90. The first kappa shape index (κ1) is 20.3. The van der Waals surface area contributed by atoms with Crippen molar-refractivity contribution in [2.24, 2.45) is 0 Å². The number of hydrogen-bond acceptors (Lipinski definition) is 3. The van der Waals surface area contributed by atoms with Crippen LogP contribution in [0.3, 0.4) is 0 Å². The molecule has 0 aliphatic carbocycles. The van der Waals surface area contributed by atoms with Gasteiger partial charge in [0.05, 0.1) is 0 Å². The normalized spacial score (nSPS) is 12.9. The van der Waals surface area contributed by atoms with Crippen molar-refractivity contribution in [3.05, 3.63) is 34.9 Å². The van der Waals surface area contributed by atoms with E-state index in [0.29, 0.717) is 0 Å². The first-order chi connectivity index (χ1) is 10.6. The van der Waals surface area contributed by atoms with E-state index in [-0.39, 0.29) is 17.3 Å². The molecule has 1 rings (SSSR count). The van der Waals surface area contributed by atoms with Gasteiger partial charge in [-0.2, -0.15) is 0 Å². The highest BCUT2D eigenvalue weighted by Gasteiger charge is 2.35. The molecule has 0 bridgehead atoms. The van der Waals surface area contributed by atoms with Crippen molar-refractivity contribution in [3.8, 4) is 0 Å². The number of rotatable bonds is 6. The van der Waals surface area contributed by atoms with Crippen LogP contribution in [0.25, 0.3) is 0 Å². The third-order valence-electron chi connectivity index (χ3n) is 5.74. The summed E-state index contributed by atoms with van der Waals surface area (Å²) in [4.78, 5) is 36.4. The molecule has 0 atom stereocenters. The maximum atomic E-state index is 12.1. The molecule has 0 aliphatic heterocycles. The summed E-state index contributed by atoms with van der Waals surface area (Å²) in [6.07, 6.45) is 0. The van der Waals surface area contributed by atoms with Crippen LogP contribution in [0, 0.1) is 0 Å². The molecule has 1 aromatic rings. The average molecular weight is 330 g/mol. The van der Waals surface area contributed by atoms with Crippen molar-refractivity contribution in [2.45, 2.75) is 78.6 Å². The molecule has 3 nitrogen and oxygen atoms in total. The summed E-state index contributed by atoms with van der Waals surface area (Å²) in [5.74, 6) is 0.144. The van der Waals surface area contributed by atoms with Crippen LogP contribution in [0.1, 0.15) is 79.0 Å². The van der Waals surface area contributed by atoms with Crippen molar-refractivity contribution >= 4 is 17.3 Å². The topological polar surface area (TPSA) is 51.2 Å². The van der Waals surface area contributed by atoms with Gasteiger partial charge in [-0.25, -0.2) is 0 Å². The van der Waals surface area contributed by atoms with E-state index in [4.69, 9.17) is 0 Å². The van der Waals surface area contributed by atoms with Gasteiger partial charge in [-0.05, 0) is 79.0 Å². The molecule has 0 spiro atoms. The van der Waals surface area contributed by atoms with Crippen LogP contribution in [-0.2, 0) is 30.6 Å². The Hall–Kier alpha value is -1.77. The number of ketones is 3. The van der Waals surface area contributed by atoms with Crippen LogP contribution in [-0.4, -0.2) is 17.3 Å². The van der Waals surface area contributed by atoms with Gasteiger partial charge in [-0.15, -0.1) is 0 Å². The second-order valence-corrected chi connectivity index (χ2v) is 8.34. The van der Waals surface area contributed by atoms with Gasteiger partial charge in [-0.1, -0.05) is 18.2 Å². The molecule has 3 heteroatoms. The van der Waals surface area contributed by atoms with Crippen LogP contribution < -0.4 is 0 Å². The molecule has 0 fully saturated rings. The Morgan fingerprint density at radius 2 is 0.708 bits per heavy atom. The largest absolute Gasteiger partial charge is 0.299 e. The van der Waals surface area contributed by atoms with Crippen molar-refractivity contribution in [1.82, 2.24) is 0 Å². The number of hydrogen-bond donors (Lipinski definition) is 0. The van der Waals surface area contributed by atoms with E-state index in [1.54, 1.807) is 20.8 Å². The zero-order valence-electron chi connectivity index (χ0n) is 16.5. The van der Waals surface area contributed by atoms with Crippen molar-refractivity contribution in [2.75, 3.05) is 0 Å². The number of Topliss-reactive ketones (excluding diaryl/α,β-unsaturated/α-hetero) is 3. The molecule has 24 heavy (non-hydrogen) atoms. The van der Waals surface area contributed by atoms with E-state index in [2.05, 4.69) is 0 Å². The molecular formula is C21H30O3. The second kappa shape index (κ2) is 6.27. The number of benzene rings is 1. The summed E-state index contributed by atoms with van der Waals surface area (Å²) >= 11 is 0. The van der Waals surface area contributed by atoms with Crippen molar-refractivity contribution in [3.63, 3.8) is 0 Å². The molecule has 0 aliphatic rings. The van der Waals surface area contributed by atoms with E-state index < -0.39 is 16.2 Å². The molecule has 0 amide bonds. The Labute approximate surface area is 145 Å². The predicted octanol–water partition coefficient (Wildman–Crippen LogP) is 4.29. The molecule has 0 saturated carbocycles.